The minimum Gasteiger partial charge on any atom is -0.490 e. The number of ketones is 1. The Kier molecular flexibility index (Phi) is 14.5. The summed E-state index contributed by atoms with van der Waals surface area (Å²) < 4.78 is 38.4. The van der Waals surface area contributed by atoms with Gasteiger partial charge in [-0.3, -0.25) is 9.59 Å². The second kappa shape index (κ2) is 16.7. The second-order valence-electron chi connectivity index (χ2n) is 15.3. The number of para-hydroxylation sites is 1. The molecule has 2 rings (SSSR count). The van der Waals surface area contributed by atoms with Gasteiger partial charge in [0.15, 0.2) is 28.2 Å². The zero-order chi connectivity index (χ0) is 34.1. The number of carbonyl (C=O) groups excluding carboxylic acids is 2. The van der Waals surface area contributed by atoms with Gasteiger partial charge in [0.1, 0.15) is 5.78 Å². The first-order chi connectivity index (χ1) is 20.8. The van der Waals surface area contributed by atoms with Crippen molar-refractivity contribution in [3.63, 3.8) is 0 Å². The Bertz CT molecular complexity index is 1160. The number of esters is 1. The van der Waals surface area contributed by atoms with E-state index in [2.05, 4.69) is 79.9 Å². The number of allylic oxidation sites excluding steroid dienone is 3. The van der Waals surface area contributed by atoms with Gasteiger partial charge in [-0.05, 0) is 67.7 Å². The van der Waals surface area contributed by atoms with Crippen molar-refractivity contribution in [2.45, 2.75) is 129 Å². The SMILES string of the molecule is COC(=O)CCC/C=C\C[C@H]1[C@@H](O[Si](C)(C)C(C)(C)C)CC(=O)[C@@H]1/C=C/[C@H](CCOc1ccccc1F)O[Si](C)(C)C(C)(C)C. The fourth-order valence-corrected chi connectivity index (χ4v) is 7.54. The average Bonchev–Trinajstić information content (AvgIpc) is 3.21. The molecule has 0 amide bonds. The lowest BCUT2D eigenvalue weighted by atomic mass is 9.90. The highest BCUT2D eigenvalue weighted by Crippen LogP contribution is 2.43. The van der Waals surface area contributed by atoms with Crippen molar-refractivity contribution in [1.82, 2.24) is 0 Å². The molecule has 0 unspecified atom stereocenters. The molecule has 0 saturated heterocycles. The molecule has 1 aromatic rings. The number of benzene rings is 1. The van der Waals surface area contributed by atoms with Crippen LogP contribution in [0, 0.1) is 17.7 Å². The van der Waals surface area contributed by atoms with Crippen molar-refractivity contribution in [1.29, 1.82) is 0 Å². The van der Waals surface area contributed by atoms with Crippen LogP contribution < -0.4 is 4.74 Å². The third-order valence-electron chi connectivity index (χ3n) is 9.80. The lowest BCUT2D eigenvalue weighted by molar-refractivity contribution is -0.140. The van der Waals surface area contributed by atoms with Crippen LogP contribution in [0.2, 0.25) is 36.3 Å². The lowest BCUT2D eigenvalue weighted by Gasteiger charge is -2.40. The van der Waals surface area contributed by atoms with Crippen LogP contribution in [0.25, 0.3) is 0 Å². The molecule has 6 nitrogen and oxygen atoms in total. The molecule has 1 aliphatic rings. The Morgan fingerprint density at radius 2 is 1.67 bits per heavy atom. The van der Waals surface area contributed by atoms with Gasteiger partial charge in [-0.15, -0.1) is 0 Å². The molecular weight excluding hydrogens is 604 g/mol. The predicted octanol–water partition coefficient (Wildman–Crippen LogP) is 9.43. The van der Waals surface area contributed by atoms with E-state index in [4.69, 9.17) is 18.3 Å². The van der Waals surface area contributed by atoms with E-state index in [0.717, 1.165) is 12.8 Å². The number of hydrogen-bond acceptors (Lipinski definition) is 6. The zero-order valence-corrected chi connectivity index (χ0v) is 31.7. The number of hydrogen-bond donors (Lipinski definition) is 0. The maximum atomic E-state index is 14.2. The van der Waals surface area contributed by atoms with E-state index in [1.54, 1.807) is 18.2 Å². The number of ether oxygens (including phenoxy) is 2. The van der Waals surface area contributed by atoms with Crippen LogP contribution in [-0.4, -0.2) is 54.3 Å². The fraction of sp³-hybridized carbons (Fsp3) is 0.667. The molecule has 1 aromatic carbocycles. The van der Waals surface area contributed by atoms with Gasteiger partial charge in [-0.2, -0.15) is 0 Å². The van der Waals surface area contributed by atoms with Crippen LogP contribution in [0.3, 0.4) is 0 Å². The van der Waals surface area contributed by atoms with E-state index in [1.807, 2.05) is 12.2 Å². The normalized spacial score (nSPS) is 20.7. The number of unbranched alkanes of at least 4 members (excludes halogenated alkanes) is 1. The minimum absolute atomic E-state index is 0.00202. The summed E-state index contributed by atoms with van der Waals surface area (Å²) in [5, 5.41) is 0.0243. The van der Waals surface area contributed by atoms with Crippen molar-refractivity contribution in [3.8, 4) is 5.75 Å². The summed E-state index contributed by atoms with van der Waals surface area (Å²) in [6.45, 7) is 22.4. The molecule has 9 heteroatoms. The van der Waals surface area contributed by atoms with Crippen molar-refractivity contribution in [2.24, 2.45) is 11.8 Å². The van der Waals surface area contributed by atoms with E-state index in [0.29, 0.717) is 25.7 Å². The van der Waals surface area contributed by atoms with Crippen LogP contribution in [-0.2, 0) is 23.2 Å². The standard InChI is InChI=1S/C36H59FO6Si2/c1-35(2,3)44(8,9)42-27(24-25-41-32-20-17-16-19-30(32)37)22-23-28-29(18-14-12-13-15-21-34(39)40-7)33(26-31(28)38)43-45(10,11)36(4,5)6/h12,14,16-17,19-20,22-23,27-29,33H,13,15,18,21,24-26H2,1-11H3/b14-12-,23-22+/t27-,28-,29-,33+/m1/s1. The lowest BCUT2D eigenvalue weighted by Crippen LogP contribution is -2.45. The number of carbonyl (C=O) groups is 2. The molecule has 1 saturated carbocycles. The molecule has 0 aromatic heterocycles. The van der Waals surface area contributed by atoms with Crippen molar-refractivity contribution < 1.29 is 32.3 Å². The van der Waals surface area contributed by atoms with E-state index in [1.165, 1.54) is 13.2 Å². The molecular formula is C36H59FO6Si2. The third kappa shape index (κ3) is 11.9. The summed E-state index contributed by atoms with van der Waals surface area (Å²) in [6, 6.07) is 6.41. The molecule has 0 radical (unpaired) electrons. The summed E-state index contributed by atoms with van der Waals surface area (Å²) in [5.74, 6) is -0.470. The van der Waals surface area contributed by atoms with Crippen molar-refractivity contribution in [3.05, 3.63) is 54.4 Å². The van der Waals surface area contributed by atoms with Gasteiger partial charge in [-0.1, -0.05) is 78.0 Å². The Labute approximate surface area is 274 Å². The Morgan fingerprint density at radius 3 is 2.27 bits per heavy atom. The predicted molar refractivity (Wildman–Crippen MR) is 186 cm³/mol. The fourth-order valence-electron chi connectivity index (χ4n) is 4.87. The minimum atomic E-state index is -2.16. The highest BCUT2D eigenvalue weighted by Gasteiger charge is 2.47. The van der Waals surface area contributed by atoms with Gasteiger partial charge >= 0.3 is 5.97 Å². The summed E-state index contributed by atoms with van der Waals surface area (Å²) in [4.78, 5) is 25.1. The quantitative estimate of drug-likeness (QED) is 0.0760. The summed E-state index contributed by atoms with van der Waals surface area (Å²) >= 11 is 0. The van der Waals surface area contributed by atoms with Gasteiger partial charge in [-0.25, -0.2) is 4.39 Å². The monoisotopic (exact) mass is 662 g/mol. The summed E-state index contributed by atoms with van der Waals surface area (Å²) in [5.41, 5.74) is 0. The number of Topliss-reactive ketones (excluding diaryl/α,β-unsaturated/α-hetero) is 1. The average molecular weight is 663 g/mol. The number of halogens is 1. The smallest absolute Gasteiger partial charge is 0.305 e. The molecule has 1 aliphatic carbocycles. The van der Waals surface area contributed by atoms with Crippen LogP contribution in [0.5, 0.6) is 5.75 Å². The maximum absolute atomic E-state index is 14.2. The molecule has 0 N–H and O–H groups in total. The van der Waals surface area contributed by atoms with E-state index in [9.17, 15) is 14.0 Å². The first-order valence-corrected chi connectivity index (χ1v) is 22.3. The van der Waals surface area contributed by atoms with Gasteiger partial charge < -0.3 is 18.3 Å². The van der Waals surface area contributed by atoms with Gasteiger partial charge in [0.2, 0.25) is 0 Å². The third-order valence-corrected chi connectivity index (χ3v) is 18.8. The van der Waals surface area contributed by atoms with Crippen molar-refractivity contribution >= 4 is 28.4 Å². The van der Waals surface area contributed by atoms with Crippen LogP contribution >= 0.6 is 0 Å². The summed E-state index contributed by atoms with van der Waals surface area (Å²) in [6.07, 6.45) is 11.4. The second-order valence-corrected chi connectivity index (χ2v) is 24.8. The van der Waals surface area contributed by atoms with Crippen LogP contribution in [0.4, 0.5) is 4.39 Å². The molecule has 1 fully saturated rings. The summed E-state index contributed by atoms with van der Waals surface area (Å²) in [7, 11) is -2.87. The Morgan fingerprint density at radius 1 is 1.02 bits per heavy atom. The first kappa shape index (κ1) is 39.1. The zero-order valence-electron chi connectivity index (χ0n) is 29.7. The van der Waals surface area contributed by atoms with Crippen molar-refractivity contribution in [2.75, 3.05) is 13.7 Å². The molecule has 4 atom stereocenters. The first-order valence-electron chi connectivity index (χ1n) is 16.4. The van der Waals surface area contributed by atoms with E-state index < -0.39 is 16.6 Å². The Balaban J connectivity index is 2.29. The molecule has 45 heavy (non-hydrogen) atoms. The van der Waals surface area contributed by atoms with Crippen LogP contribution in [0.1, 0.15) is 80.1 Å². The topological polar surface area (TPSA) is 71.1 Å². The largest absolute Gasteiger partial charge is 0.490 e. The highest BCUT2D eigenvalue weighted by molar-refractivity contribution is 6.74. The van der Waals surface area contributed by atoms with Crippen LogP contribution in [0.15, 0.2) is 48.6 Å². The number of rotatable bonds is 16. The van der Waals surface area contributed by atoms with E-state index in [-0.39, 0.29) is 64.0 Å². The molecule has 0 spiro atoms. The molecule has 0 aliphatic heterocycles. The van der Waals surface area contributed by atoms with E-state index >= 15 is 0 Å². The Hall–Kier alpha value is -2.08. The maximum Gasteiger partial charge on any atom is 0.305 e. The molecule has 254 valence electrons. The highest BCUT2D eigenvalue weighted by atomic mass is 28.4. The van der Waals surface area contributed by atoms with Gasteiger partial charge in [0, 0.05) is 31.1 Å². The van der Waals surface area contributed by atoms with Gasteiger partial charge in [0.25, 0.3) is 0 Å². The van der Waals surface area contributed by atoms with Gasteiger partial charge in [0.05, 0.1) is 25.9 Å². The molecule has 0 bridgehead atoms. The number of methoxy groups -OCH3 is 1. The molecule has 0 heterocycles.